The molecule has 1 amide bonds. The van der Waals surface area contributed by atoms with Crippen molar-refractivity contribution < 1.29 is 4.79 Å². The van der Waals surface area contributed by atoms with Crippen molar-refractivity contribution in [2.24, 2.45) is 0 Å². The quantitative estimate of drug-likeness (QED) is 0.806. The zero-order chi connectivity index (χ0) is 13.3. The van der Waals surface area contributed by atoms with Crippen LogP contribution in [0.25, 0.3) is 0 Å². The monoisotopic (exact) mass is 277 g/mol. The third kappa shape index (κ3) is 2.51. The van der Waals surface area contributed by atoms with E-state index in [1.54, 1.807) is 0 Å². The summed E-state index contributed by atoms with van der Waals surface area (Å²) in [4.78, 5) is 14.9. The molecule has 0 aromatic heterocycles. The minimum absolute atomic E-state index is 0.227. The molecular weight excluding hydrogens is 258 g/mol. The first kappa shape index (κ1) is 13.0. The van der Waals surface area contributed by atoms with Gasteiger partial charge < -0.3 is 4.90 Å². The molecule has 102 valence electrons. The normalized spacial score (nSPS) is 21.8. The minimum Gasteiger partial charge on any atom is -0.342 e. The fourth-order valence-corrected chi connectivity index (χ4v) is 3.22. The Morgan fingerprint density at radius 1 is 1.00 bits per heavy atom. The van der Waals surface area contributed by atoms with Gasteiger partial charge in [0.1, 0.15) is 0 Å². The second-order valence-corrected chi connectivity index (χ2v) is 6.23. The van der Waals surface area contributed by atoms with Gasteiger partial charge in [-0.15, -0.1) is 0 Å². The van der Waals surface area contributed by atoms with Crippen molar-refractivity contribution in [3.8, 4) is 0 Å². The largest absolute Gasteiger partial charge is 0.342 e. The molecule has 0 spiro atoms. The lowest BCUT2D eigenvalue weighted by atomic mass is 9.94. The first-order chi connectivity index (χ1) is 9.22. The summed E-state index contributed by atoms with van der Waals surface area (Å²) in [5.74, 6) is 0.344. The van der Waals surface area contributed by atoms with Crippen molar-refractivity contribution in [1.82, 2.24) is 4.90 Å². The number of nitrogens with zero attached hydrogens (tertiary/aromatic N) is 1. The number of benzene rings is 1. The van der Waals surface area contributed by atoms with Crippen LogP contribution in [0.15, 0.2) is 24.3 Å². The molecule has 0 N–H and O–H groups in total. The maximum absolute atomic E-state index is 12.8. The molecule has 2 nitrogen and oxygen atoms in total. The summed E-state index contributed by atoms with van der Waals surface area (Å²) in [7, 11) is 0. The second kappa shape index (κ2) is 5.16. The number of carbonyl (C=O) groups is 1. The van der Waals surface area contributed by atoms with Crippen LogP contribution in [0.5, 0.6) is 0 Å². The van der Waals surface area contributed by atoms with E-state index in [1.165, 1.54) is 12.8 Å². The van der Waals surface area contributed by atoms with E-state index < -0.39 is 0 Å². The lowest BCUT2D eigenvalue weighted by Gasteiger charge is -2.26. The zero-order valence-corrected chi connectivity index (χ0v) is 12.0. The van der Waals surface area contributed by atoms with E-state index in [4.69, 9.17) is 11.6 Å². The van der Waals surface area contributed by atoms with Crippen LogP contribution in [0.1, 0.15) is 44.1 Å². The highest BCUT2D eigenvalue weighted by Gasteiger charge is 2.52. The lowest BCUT2D eigenvalue weighted by Crippen LogP contribution is -2.39. The summed E-state index contributed by atoms with van der Waals surface area (Å²) in [5, 5.41) is 0.738. The molecule has 0 atom stereocenters. The molecule has 3 rings (SSSR count). The van der Waals surface area contributed by atoms with Crippen LogP contribution in [0.4, 0.5) is 0 Å². The van der Waals surface area contributed by atoms with Crippen molar-refractivity contribution in [1.29, 1.82) is 0 Å². The van der Waals surface area contributed by atoms with E-state index in [2.05, 4.69) is 4.90 Å². The van der Waals surface area contributed by atoms with Gasteiger partial charge in [-0.05, 0) is 43.4 Å². The Hall–Kier alpha value is -1.02. The van der Waals surface area contributed by atoms with Gasteiger partial charge in [0.15, 0.2) is 0 Å². The van der Waals surface area contributed by atoms with E-state index in [9.17, 15) is 4.79 Å². The van der Waals surface area contributed by atoms with Crippen LogP contribution >= 0.6 is 11.6 Å². The molecule has 19 heavy (non-hydrogen) atoms. The van der Waals surface area contributed by atoms with Crippen molar-refractivity contribution in [3.05, 3.63) is 34.9 Å². The topological polar surface area (TPSA) is 20.3 Å². The summed E-state index contributed by atoms with van der Waals surface area (Å²) in [6, 6.07) is 7.83. The molecular formula is C16H20ClNO. The SMILES string of the molecule is O=C(N1CCCCCC1)C1(c2ccc(Cl)cc2)CC1. The Morgan fingerprint density at radius 3 is 2.11 bits per heavy atom. The van der Waals surface area contributed by atoms with Gasteiger partial charge in [0.2, 0.25) is 5.91 Å². The number of hydrogen-bond donors (Lipinski definition) is 0. The van der Waals surface area contributed by atoms with E-state index >= 15 is 0 Å². The van der Waals surface area contributed by atoms with Crippen molar-refractivity contribution >= 4 is 17.5 Å². The summed E-state index contributed by atoms with van der Waals surface area (Å²) in [6.45, 7) is 1.88. The fraction of sp³-hybridized carbons (Fsp3) is 0.562. The molecule has 1 heterocycles. The Morgan fingerprint density at radius 2 is 1.58 bits per heavy atom. The van der Waals surface area contributed by atoms with Gasteiger partial charge in [0.05, 0.1) is 5.41 Å². The van der Waals surface area contributed by atoms with Gasteiger partial charge in [-0.25, -0.2) is 0 Å². The fourth-order valence-electron chi connectivity index (χ4n) is 3.10. The number of rotatable bonds is 2. The number of likely N-dealkylation sites (tertiary alicyclic amines) is 1. The Kier molecular flexibility index (Phi) is 3.53. The van der Waals surface area contributed by atoms with Gasteiger partial charge in [-0.1, -0.05) is 36.6 Å². The van der Waals surface area contributed by atoms with E-state index in [0.29, 0.717) is 5.91 Å². The van der Waals surface area contributed by atoms with Crippen LogP contribution in [0, 0.1) is 0 Å². The molecule has 1 aliphatic carbocycles. The van der Waals surface area contributed by atoms with E-state index in [-0.39, 0.29) is 5.41 Å². The molecule has 2 aliphatic rings. The Labute approximate surface area is 119 Å². The smallest absolute Gasteiger partial charge is 0.233 e. The third-order valence-electron chi connectivity index (χ3n) is 4.45. The number of carbonyl (C=O) groups excluding carboxylic acids is 1. The lowest BCUT2D eigenvalue weighted by molar-refractivity contribution is -0.133. The molecule has 1 aliphatic heterocycles. The van der Waals surface area contributed by atoms with Crippen LogP contribution in [-0.2, 0) is 10.2 Å². The Bertz CT molecular complexity index is 456. The zero-order valence-electron chi connectivity index (χ0n) is 11.2. The third-order valence-corrected chi connectivity index (χ3v) is 4.70. The molecule has 1 saturated heterocycles. The van der Waals surface area contributed by atoms with Crippen LogP contribution in [0.3, 0.4) is 0 Å². The summed E-state index contributed by atoms with van der Waals surface area (Å²) in [6.07, 6.45) is 6.81. The molecule has 2 fully saturated rings. The van der Waals surface area contributed by atoms with Gasteiger partial charge >= 0.3 is 0 Å². The van der Waals surface area contributed by atoms with Gasteiger partial charge in [-0.2, -0.15) is 0 Å². The highest BCUT2D eigenvalue weighted by molar-refractivity contribution is 6.30. The van der Waals surface area contributed by atoms with Crippen LogP contribution in [0.2, 0.25) is 5.02 Å². The summed E-state index contributed by atoms with van der Waals surface area (Å²) >= 11 is 5.94. The van der Waals surface area contributed by atoms with Gasteiger partial charge in [0.25, 0.3) is 0 Å². The maximum atomic E-state index is 12.8. The Balaban J connectivity index is 1.80. The number of halogens is 1. The molecule has 3 heteroatoms. The highest BCUT2D eigenvalue weighted by Crippen LogP contribution is 2.50. The first-order valence-corrected chi connectivity index (χ1v) is 7.66. The standard InChI is InChI=1S/C16H20ClNO/c17-14-7-5-13(6-8-14)16(9-10-16)15(19)18-11-3-1-2-4-12-18/h5-8H,1-4,9-12H2. The van der Waals surface area contributed by atoms with Crippen molar-refractivity contribution in [2.75, 3.05) is 13.1 Å². The number of hydrogen-bond acceptors (Lipinski definition) is 1. The van der Waals surface area contributed by atoms with Crippen molar-refractivity contribution in [2.45, 2.75) is 43.9 Å². The molecule has 0 bridgehead atoms. The van der Waals surface area contributed by atoms with Gasteiger partial charge in [0, 0.05) is 18.1 Å². The molecule has 0 radical (unpaired) electrons. The average molecular weight is 278 g/mol. The van der Waals surface area contributed by atoms with Crippen LogP contribution < -0.4 is 0 Å². The molecule has 1 aromatic rings. The molecule has 1 saturated carbocycles. The van der Waals surface area contributed by atoms with Crippen LogP contribution in [-0.4, -0.2) is 23.9 Å². The second-order valence-electron chi connectivity index (χ2n) is 5.80. The van der Waals surface area contributed by atoms with E-state index in [0.717, 1.165) is 49.4 Å². The molecule has 0 unspecified atom stereocenters. The average Bonchev–Trinajstić information content (AvgIpc) is 3.24. The predicted octanol–water partition coefficient (Wildman–Crippen LogP) is 3.77. The number of amides is 1. The highest BCUT2D eigenvalue weighted by atomic mass is 35.5. The summed E-state index contributed by atoms with van der Waals surface area (Å²) in [5.41, 5.74) is 0.917. The van der Waals surface area contributed by atoms with Crippen molar-refractivity contribution in [3.63, 3.8) is 0 Å². The van der Waals surface area contributed by atoms with E-state index in [1.807, 2.05) is 24.3 Å². The minimum atomic E-state index is -0.227. The molecule has 1 aromatic carbocycles. The predicted molar refractivity (Wildman–Crippen MR) is 77.4 cm³/mol. The van der Waals surface area contributed by atoms with Gasteiger partial charge in [-0.3, -0.25) is 4.79 Å². The maximum Gasteiger partial charge on any atom is 0.233 e. The first-order valence-electron chi connectivity index (χ1n) is 7.28. The summed E-state index contributed by atoms with van der Waals surface area (Å²) < 4.78 is 0.